The molecule has 1 heterocycles. The number of carboxylic acids is 1. The van der Waals surface area contributed by atoms with Crippen molar-refractivity contribution in [3.63, 3.8) is 0 Å². The van der Waals surface area contributed by atoms with Gasteiger partial charge in [-0.05, 0) is 30.0 Å². The molecule has 0 saturated carbocycles. The molecule has 0 aliphatic carbocycles. The van der Waals surface area contributed by atoms with Crippen molar-refractivity contribution in [3.8, 4) is 0 Å². The molecule has 0 spiro atoms. The number of aryl methyl sites for hydroxylation is 1. The predicted octanol–water partition coefficient (Wildman–Crippen LogP) is 2.68. The number of rotatable bonds is 3. The van der Waals surface area contributed by atoms with E-state index in [0.717, 1.165) is 12.0 Å². The minimum Gasteiger partial charge on any atom is -0.477 e. The lowest BCUT2D eigenvalue weighted by Crippen LogP contribution is -2.04. The second-order valence-electron chi connectivity index (χ2n) is 3.98. The molecule has 0 radical (unpaired) electrons. The Morgan fingerprint density at radius 1 is 1.24 bits per heavy atom. The lowest BCUT2D eigenvalue weighted by molar-refractivity contribution is 0.0689. The van der Waals surface area contributed by atoms with E-state index in [1.54, 1.807) is 13.1 Å². The van der Waals surface area contributed by atoms with E-state index in [-0.39, 0.29) is 5.69 Å². The molecule has 2 aromatic rings. The molecule has 0 bridgehead atoms. The van der Waals surface area contributed by atoms with Gasteiger partial charge in [-0.3, -0.25) is 0 Å². The minimum absolute atomic E-state index is 0.127. The molecular formula is C14H13NO2. The maximum absolute atomic E-state index is 10.8. The summed E-state index contributed by atoms with van der Waals surface area (Å²) in [7, 11) is 0. The van der Waals surface area contributed by atoms with Crippen LogP contribution in [0.15, 0.2) is 42.6 Å². The SMILES string of the molecule is Cc1cc(Cc2ccccc2)cnc1C(=O)O. The number of carbonyl (C=O) groups is 1. The van der Waals surface area contributed by atoms with Crippen molar-refractivity contribution in [1.82, 2.24) is 4.98 Å². The summed E-state index contributed by atoms with van der Waals surface area (Å²) in [5.41, 5.74) is 3.04. The van der Waals surface area contributed by atoms with E-state index in [1.165, 1.54) is 5.56 Å². The highest BCUT2D eigenvalue weighted by Crippen LogP contribution is 2.12. The summed E-state index contributed by atoms with van der Waals surface area (Å²) >= 11 is 0. The van der Waals surface area contributed by atoms with Gasteiger partial charge in [-0.25, -0.2) is 9.78 Å². The van der Waals surface area contributed by atoms with Gasteiger partial charge in [0.25, 0.3) is 0 Å². The zero-order valence-electron chi connectivity index (χ0n) is 9.55. The van der Waals surface area contributed by atoms with E-state index in [9.17, 15) is 4.79 Å². The Morgan fingerprint density at radius 2 is 1.94 bits per heavy atom. The molecule has 3 nitrogen and oxygen atoms in total. The number of carboxylic acid groups (broad SMARTS) is 1. The molecule has 17 heavy (non-hydrogen) atoms. The second kappa shape index (κ2) is 4.78. The molecule has 0 atom stereocenters. The Balaban J connectivity index is 2.24. The van der Waals surface area contributed by atoms with Gasteiger partial charge >= 0.3 is 5.97 Å². The van der Waals surface area contributed by atoms with Crippen LogP contribution in [0.3, 0.4) is 0 Å². The molecule has 0 saturated heterocycles. The lowest BCUT2D eigenvalue weighted by Gasteiger charge is -2.04. The highest BCUT2D eigenvalue weighted by Gasteiger charge is 2.09. The van der Waals surface area contributed by atoms with Crippen LogP contribution in [0, 0.1) is 6.92 Å². The van der Waals surface area contributed by atoms with Crippen LogP contribution in [-0.4, -0.2) is 16.1 Å². The standard InChI is InChI=1S/C14H13NO2/c1-10-7-12(9-15-13(10)14(16)17)8-11-5-3-2-4-6-11/h2-7,9H,8H2,1H3,(H,16,17). The van der Waals surface area contributed by atoms with Gasteiger partial charge in [-0.1, -0.05) is 36.4 Å². The van der Waals surface area contributed by atoms with Crippen molar-refractivity contribution in [1.29, 1.82) is 0 Å². The first kappa shape index (κ1) is 11.3. The van der Waals surface area contributed by atoms with Crippen molar-refractivity contribution >= 4 is 5.97 Å². The summed E-state index contributed by atoms with van der Waals surface area (Å²) in [5, 5.41) is 8.88. The number of hydrogen-bond acceptors (Lipinski definition) is 2. The van der Waals surface area contributed by atoms with Crippen LogP contribution >= 0.6 is 0 Å². The Morgan fingerprint density at radius 3 is 2.53 bits per heavy atom. The van der Waals surface area contributed by atoms with Crippen molar-refractivity contribution < 1.29 is 9.90 Å². The molecule has 1 aromatic carbocycles. The first-order valence-electron chi connectivity index (χ1n) is 5.39. The zero-order chi connectivity index (χ0) is 12.3. The quantitative estimate of drug-likeness (QED) is 0.877. The average Bonchev–Trinajstić information content (AvgIpc) is 2.30. The van der Waals surface area contributed by atoms with Gasteiger partial charge in [-0.15, -0.1) is 0 Å². The molecule has 2 rings (SSSR count). The van der Waals surface area contributed by atoms with Crippen LogP contribution in [0.4, 0.5) is 0 Å². The van der Waals surface area contributed by atoms with E-state index in [0.29, 0.717) is 5.56 Å². The smallest absolute Gasteiger partial charge is 0.354 e. The molecular weight excluding hydrogens is 214 g/mol. The summed E-state index contributed by atoms with van der Waals surface area (Å²) in [6, 6.07) is 11.9. The maximum atomic E-state index is 10.8. The Labute approximate surface area is 99.8 Å². The van der Waals surface area contributed by atoms with E-state index < -0.39 is 5.97 Å². The van der Waals surface area contributed by atoms with Gasteiger partial charge in [-0.2, -0.15) is 0 Å². The molecule has 0 aliphatic heterocycles. The number of hydrogen-bond donors (Lipinski definition) is 1. The van der Waals surface area contributed by atoms with Crippen LogP contribution in [0.2, 0.25) is 0 Å². The molecule has 0 amide bonds. The summed E-state index contributed by atoms with van der Waals surface area (Å²) < 4.78 is 0. The molecule has 0 aliphatic rings. The highest BCUT2D eigenvalue weighted by molar-refractivity contribution is 5.86. The fourth-order valence-electron chi connectivity index (χ4n) is 1.79. The fourth-order valence-corrected chi connectivity index (χ4v) is 1.79. The third-order valence-electron chi connectivity index (χ3n) is 2.59. The summed E-state index contributed by atoms with van der Waals surface area (Å²) in [6.07, 6.45) is 2.40. The van der Waals surface area contributed by atoms with E-state index in [1.807, 2.05) is 36.4 Å². The van der Waals surface area contributed by atoms with Crippen LogP contribution in [-0.2, 0) is 6.42 Å². The van der Waals surface area contributed by atoms with Gasteiger partial charge < -0.3 is 5.11 Å². The van der Waals surface area contributed by atoms with Crippen LogP contribution in [0.1, 0.15) is 27.2 Å². The summed E-state index contributed by atoms with van der Waals surface area (Å²) in [6.45, 7) is 1.77. The van der Waals surface area contributed by atoms with Crippen LogP contribution in [0.25, 0.3) is 0 Å². The van der Waals surface area contributed by atoms with Crippen molar-refractivity contribution in [2.24, 2.45) is 0 Å². The van der Waals surface area contributed by atoms with Crippen LogP contribution in [0.5, 0.6) is 0 Å². The first-order chi connectivity index (χ1) is 8.16. The number of benzene rings is 1. The molecule has 0 fully saturated rings. The maximum Gasteiger partial charge on any atom is 0.354 e. The van der Waals surface area contributed by atoms with E-state index >= 15 is 0 Å². The molecule has 0 unspecified atom stereocenters. The second-order valence-corrected chi connectivity index (χ2v) is 3.98. The van der Waals surface area contributed by atoms with E-state index in [2.05, 4.69) is 4.98 Å². The van der Waals surface area contributed by atoms with Gasteiger partial charge in [0, 0.05) is 6.20 Å². The molecule has 3 heteroatoms. The average molecular weight is 227 g/mol. The third-order valence-corrected chi connectivity index (χ3v) is 2.59. The summed E-state index contributed by atoms with van der Waals surface area (Å²) in [4.78, 5) is 14.8. The monoisotopic (exact) mass is 227 g/mol. The van der Waals surface area contributed by atoms with Crippen molar-refractivity contribution in [3.05, 3.63) is 65.0 Å². The van der Waals surface area contributed by atoms with Crippen molar-refractivity contribution in [2.75, 3.05) is 0 Å². The third kappa shape index (κ3) is 2.69. The molecule has 1 N–H and O–H groups in total. The van der Waals surface area contributed by atoms with Gasteiger partial charge in [0.05, 0.1) is 0 Å². The fraction of sp³-hybridized carbons (Fsp3) is 0.143. The van der Waals surface area contributed by atoms with Gasteiger partial charge in [0.1, 0.15) is 0 Å². The Bertz CT molecular complexity index is 535. The largest absolute Gasteiger partial charge is 0.477 e. The minimum atomic E-state index is -0.978. The van der Waals surface area contributed by atoms with E-state index in [4.69, 9.17) is 5.11 Å². The number of nitrogens with zero attached hydrogens (tertiary/aromatic N) is 1. The lowest BCUT2D eigenvalue weighted by atomic mass is 10.0. The summed E-state index contributed by atoms with van der Waals surface area (Å²) in [5.74, 6) is -0.978. The number of aromatic carboxylic acids is 1. The highest BCUT2D eigenvalue weighted by atomic mass is 16.4. The molecule has 1 aromatic heterocycles. The number of aromatic nitrogens is 1. The number of pyridine rings is 1. The van der Waals surface area contributed by atoms with Crippen molar-refractivity contribution in [2.45, 2.75) is 13.3 Å². The predicted molar refractivity (Wildman–Crippen MR) is 65.2 cm³/mol. The van der Waals surface area contributed by atoms with Crippen LogP contribution < -0.4 is 0 Å². The zero-order valence-corrected chi connectivity index (χ0v) is 9.55. The Hall–Kier alpha value is -2.16. The van der Waals surface area contributed by atoms with Gasteiger partial charge in [0.15, 0.2) is 5.69 Å². The Kier molecular flexibility index (Phi) is 3.19. The normalized spacial score (nSPS) is 10.2. The topological polar surface area (TPSA) is 50.2 Å². The first-order valence-corrected chi connectivity index (χ1v) is 5.39. The molecule has 86 valence electrons. The van der Waals surface area contributed by atoms with Gasteiger partial charge in [0.2, 0.25) is 0 Å².